The van der Waals surface area contributed by atoms with Gasteiger partial charge in [-0.05, 0) is 73.2 Å². The van der Waals surface area contributed by atoms with Crippen molar-refractivity contribution in [1.82, 2.24) is 0 Å². The molecule has 0 aliphatic heterocycles. The van der Waals surface area contributed by atoms with Gasteiger partial charge in [0.2, 0.25) is 5.91 Å². The minimum atomic E-state index is -3.71. The van der Waals surface area contributed by atoms with Crippen molar-refractivity contribution in [3.8, 4) is 0 Å². The first-order valence-electron chi connectivity index (χ1n) is 10.7. The fourth-order valence-electron chi connectivity index (χ4n) is 3.40. The number of benzene rings is 3. The molecule has 32 heavy (non-hydrogen) atoms. The first-order valence-corrected chi connectivity index (χ1v) is 12.2. The van der Waals surface area contributed by atoms with Gasteiger partial charge in [0, 0.05) is 12.1 Å². The average Bonchev–Trinajstić information content (AvgIpc) is 2.75. The molecular formula is C26H30N2O3S. The quantitative estimate of drug-likeness (QED) is 0.455. The summed E-state index contributed by atoms with van der Waals surface area (Å²) in [6.45, 7) is 8.13. The van der Waals surface area contributed by atoms with E-state index in [1.807, 2.05) is 26.0 Å². The molecular weight excluding hydrogens is 420 g/mol. The van der Waals surface area contributed by atoms with E-state index in [9.17, 15) is 13.2 Å². The Kier molecular flexibility index (Phi) is 7.36. The van der Waals surface area contributed by atoms with Gasteiger partial charge in [0.05, 0.1) is 10.6 Å². The minimum absolute atomic E-state index is 0.109. The number of rotatable bonds is 8. The second-order valence-electron chi connectivity index (χ2n) is 8.39. The second kappa shape index (κ2) is 10.0. The Bertz CT molecular complexity index is 1180. The zero-order valence-corrected chi connectivity index (χ0v) is 19.8. The molecule has 0 aliphatic rings. The summed E-state index contributed by atoms with van der Waals surface area (Å²) >= 11 is 0. The van der Waals surface area contributed by atoms with Crippen LogP contribution in [-0.4, -0.2) is 14.3 Å². The van der Waals surface area contributed by atoms with Crippen LogP contribution in [0.4, 0.5) is 11.4 Å². The van der Waals surface area contributed by atoms with E-state index in [4.69, 9.17) is 0 Å². The topological polar surface area (TPSA) is 75.3 Å². The Balaban J connectivity index is 1.58. The van der Waals surface area contributed by atoms with Crippen molar-refractivity contribution in [3.05, 3.63) is 89.0 Å². The van der Waals surface area contributed by atoms with Crippen LogP contribution in [0.5, 0.6) is 0 Å². The monoisotopic (exact) mass is 450 g/mol. The van der Waals surface area contributed by atoms with Gasteiger partial charge in [-0.2, -0.15) is 0 Å². The highest BCUT2D eigenvalue weighted by molar-refractivity contribution is 7.92. The Morgan fingerprint density at radius 2 is 1.56 bits per heavy atom. The van der Waals surface area contributed by atoms with Crippen molar-refractivity contribution in [2.24, 2.45) is 0 Å². The van der Waals surface area contributed by atoms with Gasteiger partial charge in [-0.25, -0.2) is 8.42 Å². The number of nitrogens with one attached hydrogen (secondary N) is 2. The summed E-state index contributed by atoms with van der Waals surface area (Å²) in [5.74, 6) is 0.372. The van der Waals surface area contributed by atoms with Gasteiger partial charge in [-0.3, -0.25) is 9.52 Å². The molecule has 0 spiro atoms. The number of amides is 1. The van der Waals surface area contributed by atoms with Crippen molar-refractivity contribution in [1.29, 1.82) is 0 Å². The third-order valence-electron chi connectivity index (χ3n) is 5.36. The van der Waals surface area contributed by atoms with Crippen LogP contribution in [0.25, 0.3) is 0 Å². The molecule has 0 fully saturated rings. The second-order valence-corrected chi connectivity index (χ2v) is 10.1. The molecule has 0 bridgehead atoms. The fraction of sp³-hybridized carbons (Fsp3) is 0.269. The van der Waals surface area contributed by atoms with Crippen LogP contribution >= 0.6 is 0 Å². The highest BCUT2D eigenvalue weighted by Gasteiger charge is 2.15. The lowest BCUT2D eigenvalue weighted by atomic mass is 10.0. The predicted octanol–water partition coefficient (Wildman–Crippen LogP) is 5.80. The van der Waals surface area contributed by atoms with Crippen LogP contribution in [-0.2, 0) is 21.2 Å². The van der Waals surface area contributed by atoms with Crippen LogP contribution in [0, 0.1) is 13.8 Å². The largest absolute Gasteiger partial charge is 0.326 e. The zero-order valence-electron chi connectivity index (χ0n) is 19.0. The van der Waals surface area contributed by atoms with E-state index in [2.05, 4.69) is 48.2 Å². The Labute approximate surface area is 190 Å². The Hall–Kier alpha value is -3.12. The first kappa shape index (κ1) is 23.5. The maximum Gasteiger partial charge on any atom is 0.261 e. The molecule has 3 aromatic carbocycles. The maximum atomic E-state index is 12.7. The summed E-state index contributed by atoms with van der Waals surface area (Å²) in [6, 6.07) is 20.1. The number of carbonyl (C=O) groups is 1. The Morgan fingerprint density at radius 1 is 0.906 bits per heavy atom. The van der Waals surface area contributed by atoms with E-state index in [-0.39, 0.29) is 10.8 Å². The Morgan fingerprint density at radius 3 is 2.16 bits per heavy atom. The first-order chi connectivity index (χ1) is 15.1. The molecule has 0 radical (unpaired) electrons. The SMILES string of the molecule is Cc1ccc(NS(=O)(=O)c2ccc(NC(=O)CCc3ccc(C(C)C)cc3)cc2)c(C)c1. The molecule has 0 aliphatic carbocycles. The normalized spacial score (nSPS) is 11.4. The van der Waals surface area contributed by atoms with Crippen molar-refractivity contribution in [2.75, 3.05) is 10.0 Å². The molecule has 0 heterocycles. The molecule has 0 saturated heterocycles. The van der Waals surface area contributed by atoms with E-state index in [0.717, 1.165) is 16.7 Å². The van der Waals surface area contributed by atoms with Crippen LogP contribution in [0.3, 0.4) is 0 Å². The van der Waals surface area contributed by atoms with E-state index in [0.29, 0.717) is 30.1 Å². The molecule has 0 aromatic heterocycles. The third kappa shape index (κ3) is 6.20. The van der Waals surface area contributed by atoms with Crippen molar-refractivity contribution in [2.45, 2.75) is 51.3 Å². The molecule has 0 atom stereocenters. The van der Waals surface area contributed by atoms with E-state index >= 15 is 0 Å². The molecule has 5 nitrogen and oxygen atoms in total. The van der Waals surface area contributed by atoms with Crippen LogP contribution in [0.15, 0.2) is 71.6 Å². The summed E-state index contributed by atoms with van der Waals surface area (Å²) in [7, 11) is -3.71. The molecule has 168 valence electrons. The number of anilines is 2. The number of sulfonamides is 1. The average molecular weight is 451 g/mol. The summed E-state index contributed by atoms with van der Waals surface area (Å²) in [4.78, 5) is 12.4. The van der Waals surface area contributed by atoms with Crippen LogP contribution in [0.2, 0.25) is 0 Å². The molecule has 6 heteroatoms. The fourth-order valence-corrected chi connectivity index (χ4v) is 4.53. The smallest absolute Gasteiger partial charge is 0.261 e. The standard InChI is InChI=1S/C26H30N2O3S/c1-18(2)22-9-6-21(7-10-22)8-16-26(29)27-23-11-13-24(14-12-23)32(30,31)28-25-15-5-19(3)17-20(25)4/h5-7,9-15,17-18,28H,8,16H2,1-4H3,(H,27,29). The van der Waals surface area contributed by atoms with E-state index < -0.39 is 10.0 Å². The van der Waals surface area contributed by atoms with Crippen molar-refractivity contribution >= 4 is 27.3 Å². The highest BCUT2D eigenvalue weighted by atomic mass is 32.2. The van der Waals surface area contributed by atoms with Gasteiger partial charge in [0.15, 0.2) is 0 Å². The molecule has 2 N–H and O–H groups in total. The van der Waals surface area contributed by atoms with Gasteiger partial charge >= 0.3 is 0 Å². The summed E-state index contributed by atoms with van der Waals surface area (Å²) in [5, 5.41) is 2.83. The number of hydrogen-bond donors (Lipinski definition) is 2. The lowest BCUT2D eigenvalue weighted by molar-refractivity contribution is -0.116. The molecule has 0 unspecified atom stereocenters. The highest BCUT2D eigenvalue weighted by Crippen LogP contribution is 2.22. The predicted molar refractivity (Wildman–Crippen MR) is 131 cm³/mol. The van der Waals surface area contributed by atoms with Gasteiger partial charge in [0.25, 0.3) is 10.0 Å². The number of carbonyl (C=O) groups excluding carboxylic acids is 1. The number of aryl methyl sites for hydroxylation is 3. The van der Waals surface area contributed by atoms with E-state index in [1.165, 1.54) is 17.7 Å². The summed E-state index contributed by atoms with van der Waals surface area (Å²) in [6.07, 6.45) is 1.01. The van der Waals surface area contributed by atoms with Crippen molar-refractivity contribution < 1.29 is 13.2 Å². The van der Waals surface area contributed by atoms with Gasteiger partial charge < -0.3 is 5.32 Å². The molecule has 1 amide bonds. The summed E-state index contributed by atoms with van der Waals surface area (Å²) in [5.41, 5.74) is 5.43. The van der Waals surface area contributed by atoms with Crippen molar-refractivity contribution in [3.63, 3.8) is 0 Å². The minimum Gasteiger partial charge on any atom is -0.326 e. The zero-order chi connectivity index (χ0) is 23.3. The molecule has 0 saturated carbocycles. The summed E-state index contributed by atoms with van der Waals surface area (Å²) < 4.78 is 28.0. The lowest BCUT2D eigenvalue weighted by Crippen LogP contribution is -2.15. The lowest BCUT2D eigenvalue weighted by Gasteiger charge is -2.12. The molecule has 3 rings (SSSR count). The van der Waals surface area contributed by atoms with Gasteiger partial charge in [-0.1, -0.05) is 55.8 Å². The van der Waals surface area contributed by atoms with Crippen LogP contribution < -0.4 is 10.0 Å². The van der Waals surface area contributed by atoms with E-state index in [1.54, 1.807) is 18.2 Å². The van der Waals surface area contributed by atoms with Gasteiger partial charge in [0.1, 0.15) is 0 Å². The maximum absolute atomic E-state index is 12.7. The van der Waals surface area contributed by atoms with Crippen LogP contribution in [0.1, 0.15) is 48.4 Å². The number of hydrogen-bond acceptors (Lipinski definition) is 3. The molecule has 3 aromatic rings. The van der Waals surface area contributed by atoms with Gasteiger partial charge in [-0.15, -0.1) is 0 Å². The third-order valence-corrected chi connectivity index (χ3v) is 6.74.